The molecular formula is C24H21N3O6S. The maximum absolute atomic E-state index is 12.9. The van der Waals surface area contributed by atoms with Gasteiger partial charge in [0.25, 0.3) is 5.91 Å². The van der Waals surface area contributed by atoms with Crippen LogP contribution in [0.1, 0.15) is 27.6 Å². The maximum Gasteiger partial charge on any atom is 0.338 e. The molecule has 1 aromatic heterocycles. The van der Waals surface area contributed by atoms with Crippen molar-refractivity contribution in [2.45, 2.75) is 11.9 Å². The molecule has 0 fully saturated rings. The number of pyridine rings is 1. The summed E-state index contributed by atoms with van der Waals surface area (Å²) in [6, 6.07) is 14.9. The van der Waals surface area contributed by atoms with Gasteiger partial charge in [0, 0.05) is 23.6 Å². The van der Waals surface area contributed by atoms with E-state index in [9.17, 15) is 14.4 Å². The quantitative estimate of drug-likeness (QED) is 0.368. The Morgan fingerprint density at radius 2 is 1.82 bits per heavy atom. The second-order valence-electron chi connectivity index (χ2n) is 7.02. The number of thioether (sulfide) groups is 1. The number of hydrogen-bond acceptors (Lipinski definition) is 8. The van der Waals surface area contributed by atoms with E-state index in [0.717, 1.165) is 11.8 Å². The molecule has 0 bridgehead atoms. The highest BCUT2D eigenvalue weighted by Gasteiger charge is 2.17. The van der Waals surface area contributed by atoms with Gasteiger partial charge in [0.05, 0.1) is 23.5 Å². The van der Waals surface area contributed by atoms with Gasteiger partial charge in [0.2, 0.25) is 12.7 Å². The van der Waals surface area contributed by atoms with E-state index in [2.05, 4.69) is 15.6 Å². The van der Waals surface area contributed by atoms with Crippen molar-refractivity contribution in [1.29, 1.82) is 0 Å². The Labute approximate surface area is 199 Å². The van der Waals surface area contributed by atoms with Crippen LogP contribution >= 0.6 is 11.8 Å². The first kappa shape index (κ1) is 23.1. The van der Waals surface area contributed by atoms with Crippen LogP contribution in [0.3, 0.4) is 0 Å². The monoisotopic (exact) mass is 479 g/mol. The molecule has 2 aromatic carbocycles. The molecule has 0 saturated carbocycles. The second-order valence-corrected chi connectivity index (χ2v) is 7.98. The van der Waals surface area contributed by atoms with Gasteiger partial charge >= 0.3 is 5.97 Å². The lowest BCUT2D eigenvalue weighted by molar-refractivity contribution is -0.113. The van der Waals surface area contributed by atoms with Crippen LogP contribution in [-0.4, -0.2) is 41.9 Å². The van der Waals surface area contributed by atoms with E-state index < -0.39 is 11.9 Å². The molecule has 3 aromatic rings. The van der Waals surface area contributed by atoms with Crippen LogP contribution in [-0.2, 0) is 9.53 Å². The lowest BCUT2D eigenvalue weighted by Crippen LogP contribution is -2.16. The number of carbonyl (C=O) groups is 3. The highest BCUT2D eigenvalue weighted by Crippen LogP contribution is 2.34. The molecule has 1 aliphatic rings. The zero-order valence-electron chi connectivity index (χ0n) is 18.2. The Morgan fingerprint density at radius 3 is 2.68 bits per heavy atom. The van der Waals surface area contributed by atoms with E-state index in [4.69, 9.17) is 14.2 Å². The molecule has 0 saturated heterocycles. The number of esters is 1. The fraction of sp³-hybridized carbons (Fsp3) is 0.167. The van der Waals surface area contributed by atoms with Crippen LogP contribution in [0.2, 0.25) is 0 Å². The van der Waals surface area contributed by atoms with Crippen LogP contribution in [0.5, 0.6) is 11.5 Å². The number of amides is 2. The predicted octanol–water partition coefficient (Wildman–Crippen LogP) is 3.97. The molecule has 2 heterocycles. The largest absolute Gasteiger partial charge is 0.462 e. The van der Waals surface area contributed by atoms with Crippen molar-refractivity contribution in [2.75, 3.05) is 29.8 Å². The third kappa shape index (κ3) is 5.65. The van der Waals surface area contributed by atoms with Gasteiger partial charge in [-0.1, -0.05) is 17.8 Å². The number of benzene rings is 2. The molecule has 34 heavy (non-hydrogen) atoms. The van der Waals surface area contributed by atoms with Gasteiger partial charge < -0.3 is 24.8 Å². The van der Waals surface area contributed by atoms with Crippen LogP contribution in [0.25, 0.3) is 0 Å². The Balaban J connectivity index is 1.38. The van der Waals surface area contributed by atoms with Crippen LogP contribution in [0, 0.1) is 0 Å². The van der Waals surface area contributed by atoms with E-state index in [1.807, 2.05) is 0 Å². The fourth-order valence-electron chi connectivity index (χ4n) is 3.12. The summed E-state index contributed by atoms with van der Waals surface area (Å²) in [6.45, 7) is 2.13. The maximum atomic E-state index is 12.9. The van der Waals surface area contributed by atoms with Crippen molar-refractivity contribution < 1.29 is 28.6 Å². The number of anilines is 2. The average Bonchev–Trinajstić information content (AvgIpc) is 3.31. The van der Waals surface area contributed by atoms with E-state index in [1.54, 1.807) is 61.7 Å². The zero-order valence-corrected chi connectivity index (χ0v) is 19.0. The normalized spacial score (nSPS) is 11.6. The van der Waals surface area contributed by atoms with Gasteiger partial charge in [-0.15, -0.1) is 0 Å². The van der Waals surface area contributed by atoms with Gasteiger partial charge in [-0.25, -0.2) is 9.78 Å². The number of carbonyl (C=O) groups excluding carboxylic acids is 3. The fourth-order valence-corrected chi connectivity index (χ4v) is 3.91. The number of rotatable bonds is 8. The molecule has 2 N–H and O–H groups in total. The predicted molar refractivity (Wildman–Crippen MR) is 127 cm³/mol. The van der Waals surface area contributed by atoms with Gasteiger partial charge in [0.1, 0.15) is 5.03 Å². The smallest absolute Gasteiger partial charge is 0.338 e. The lowest BCUT2D eigenvalue weighted by atomic mass is 10.2. The SMILES string of the molecule is CCOC(=O)c1cccc(NC(=O)c2cccnc2SCC(=O)Nc2ccc3c(c2)OCO3)c1. The van der Waals surface area contributed by atoms with E-state index in [-0.39, 0.29) is 25.1 Å². The standard InChI is InChI=1S/C24H21N3O6S/c1-2-31-24(30)15-5-3-6-16(11-15)27-22(29)18-7-4-10-25-23(18)34-13-21(28)26-17-8-9-19-20(12-17)33-14-32-19/h3-12H,2,13-14H2,1H3,(H,26,28)(H,27,29). The number of hydrogen-bond donors (Lipinski definition) is 2. The molecule has 0 unspecified atom stereocenters. The summed E-state index contributed by atoms with van der Waals surface area (Å²) in [5.41, 5.74) is 1.66. The minimum atomic E-state index is -0.468. The van der Waals surface area contributed by atoms with E-state index in [0.29, 0.717) is 39.0 Å². The summed E-state index contributed by atoms with van der Waals surface area (Å²) >= 11 is 1.14. The molecule has 2 amide bonds. The minimum absolute atomic E-state index is 0.0457. The van der Waals surface area contributed by atoms with Crippen LogP contribution in [0.4, 0.5) is 11.4 Å². The van der Waals surface area contributed by atoms with Crippen molar-refractivity contribution in [3.8, 4) is 11.5 Å². The summed E-state index contributed by atoms with van der Waals surface area (Å²) in [7, 11) is 0. The number of ether oxygens (including phenoxy) is 3. The first-order valence-corrected chi connectivity index (χ1v) is 11.4. The van der Waals surface area contributed by atoms with Crippen molar-refractivity contribution in [1.82, 2.24) is 4.98 Å². The van der Waals surface area contributed by atoms with Gasteiger partial charge in [-0.3, -0.25) is 9.59 Å². The summed E-state index contributed by atoms with van der Waals surface area (Å²) in [5.74, 6) is 0.107. The molecule has 0 atom stereocenters. The molecule has 9 nitrogen and oxygen atoms in total. The van der Waals surface area contributed by atoms with Crippen LogP contribution < -0.4 is 20.1 Å². The molecule has 0 aliphatic carbocycles. The molecule has 174 valence electrons. The van der Waals surface area contributed by atoms with Crippen molar-refractivity contribution in [2.24, 2.45) is 0 Å². The number of fused-ring (bicyclic) bond motifs is 1. The Kier molecular flexibility index (Phi) is 7.28. The van der Waals surface area contributed by atoms with Crippen molar-refractivity contribution in [3.05, 3.63) is 71.9 Å². The highest BCUT2D eigenvalue weighted by atomic mass is 32.2. The molecule has 10 heteroatoms. The topological polar surface area (TPSA) is 116 Å². The number of nitrogens with zero attached hydrogens (tertiary/aromatic N) is 1. The van der Waals surface area contributed by atoms with Crippen LogP contribution in [0.15, 0.2) is 65.8 Å². The van der Waals surface area contributed by atoms with E-state index in [1.165, 1.54) is 6.07 Å². The molecule has 1 aliphatic heterocycles. The number of aromatic nitrogens is 1. The van der Waals surface area contributed by atoms with Crippen molar-refractivity contribution >= 4 is 40.9 Å². The summed E-state index contributed by atoms with van der Waals surface area (Å²) in [4.78, 5) is 41.5. The summed E-state index contributed by atoms with van der Waals surface area (Å²) in [6.07, 6.45) is 1.55. The Bertz CT molecular complexity index is 1230. The van der Waals surface area contributed by atoms with Gasteiger partial charge in [0.15, 0.2) is 11.5 Å². The van der Waals surface area contributed by atoms with Gasteiger partial charge in [-0.2, -0.15) is 0 Å². The molecule has 0 spiro atoms. The Hall–Kier alpha value is -4.05. The molecule has 0 radical (unpaired) electrons. The second kappa shape index (κ2) is 10.7. The highest BCUT2D eigenvalue weighted by molar-refractivity contribution is 8.00. The summed E-state index contributed by atoms with van der Waals surface area (Å²) < 4.78 is 15.6. The summed E-state index contributed by atoms with van der Waals surface area (Å²) in [5, 5.41) is 5.96. The molecule has 4 rings (SSSR count). The first-order valence-electron chi connectivity index (χ1n) is 10.4. The molecular weight excluding hydrogens is 458 g/mol. The van der Waals surface area contributed by atoms with Gasteiger partial charge in [-0.05, 0) is 49.4 Å². The number of nitrogens with one attached hydrogen (secondary N) is 2. The first-order chi connectivity index (χ1) is 16.5. The zero-order chi connectivity index (χ0) is 23.9. The van der Waals surface area contributed by atoms with Crippen molar-refractivity contribution in [3.63, 3.8) is 0 Å². The minimum Gasteiger partial charge on any atom is -0.462 e. The lowest BCUT2D eigenvalue weighted by Gasteiger charge is -2.10. The van der Waals surface area contributed by atoms with E-state index >= 15 is 0 Å². The third-order valence-corrected chi connectivity index (χ3v) is 5.65. The third-order valence-electron chi connectivity index (χ3n) is 4.64. The Morgan fingerprint density at radius 1 is 1.00 bits per heavy atom. The average molecular weight is 480 g/mol.